The maximum absolute atomic E-state index is 13.2. The topological polar surface area (TPSA) is 69.2 Å². The number of nitrogens with one attached hydrogen (secondary N) is 1. The van der Waals surface area contributed by atoms with Gasteiger partial charge in [-0.15, -0.1) is 0 Å². The summed E-state index contributed by atoms with van der Waals surface area (Å²) in [6, 6.07) is 11.5. The van der Waals surface area contributed by atoms with Crippen molar-refractivity contribution < 1.29 is 9.90 Å². The minimum Gasteiger partial charge on any atom is -0.508 e. The molecule has 1 aliphatic carbocycles. The Morgan fingerprint density at radius 2 is 2.16 bits per heavy atom. The van der Waals surface area contributed by atoms with Crippen LogP contribution < -0.4 is 0 Å². The highest BCUT2D eigenvalue weighted by molar-refractivity contribution is 5.97. The number of rotatable bonds is 1. The number of fused-ring (bicyclic) bond motifs is 4. The van der Waals surface area contributed by atoms with Gasteiger partial charge in [-0.25, -0.2) is 4.98 Å². The smallest absolute Gasteiger partial charge is 0.254 e. The maximum atomic E-state index is 13.2. The number of aromatic amines is 1. The highest BCUT2D eigenvalue weighted by Crippen LogP contribution is 2.43. The van der Waals surface area contributed by atoms with Crippen LogP contribution in [0.4, 0.5) is 0 Å². The van der Waals surface area contributed by atoms with Gasteiger partial charge in [-0.05, 0) is 60.7 Å². The second-order valence-corrected chi connectivity index (χ2v) is 7.04. The van der Waals surface area contributed by atoms with Crippen molar-refractivity contribution in [2.45, 2.75) is 31.2 Å². The fraction of sp³-hybridized carbons (Fsp3) is 0.300. The molecule has 0 spiro atoms. The van der Waals surface area contributed by atoms with Crippen LogP contribution in [-0.2, 0) is 6.42 Å². The Morgan fingerprint density at radius 3 is 3.08 bits per heavy atom. The summed E-state index contributed by atoms with van der Waals surface area (Å²) in [5.74, 6) is 0.771. The number of phenolic OH excluding ortho intramolecular Hbond substituents is 1. The largest absolute Gasteiger partial charge is 0.508 e. The van der Waals surface area contributed by atoms with Crippen LogP contribution in [0.3, 0.4) is 0 Å². The fourth-order valence-corrected chi connectivity index (χ4v) is 4.51. The van der Waals surface area contributed by atoms with Crippen LogP contribution in [0.2, 0.25) is 0 Å². The van der Waals surface area contributed by atoms with Gasteiger partial charge >= 0.3 is 0 Å². The normalized spacial score (nSPS) is 22.0. The van der Waals surface area contributed by atoms with Gasteiger partial charge in [-0.2, -0.15) is 0 Å². The van der Waals surface area contributed by atoms with Gasteiger partial charge < -0.3 is 15.0 Å². The number of hydrogen-bond donors (Lipinski definition) is 2. The third-order valence-corrected chi connectivity index (χ3v) is 5.66. The average molecular weight is 333 g/mol. The number of phenols is 1. The van der Waals surface area contributed by atoms with Gasteiger partial charge in [0.2, 0.25) is 0 Å². The number of aromatic nitrogens is 2. The molecular weight excluding hydrogens is 314 g/mol. The first kappa shape index (κ1) is 14.5. The van der Waals surface area contributed by atoms with Crippen molar-refractivity contribution in [1.82, 2.24) is 14.9 Å². The van der Waals surface area contributed by atoms with E-state index in [0.29, 0.717) is 17.2 Å². The lowest BCUT2D eigenvalue weighted by Crippen LogP contribution is -2.46. The molecule has 2 aromatic carbocycles. The highest BCUT2D eigenvalue weighted by atomic mass is 16.3. The van der Waals surface area contributed by atoms with E-state index < -0.39 is 0 Å². The lowest BCUT2D eigenvalue weighted by Gasteiger charge is -2.38. The third-order valence-electron chi connectivity index (χ3n) is 5.66. The molecule has 2 aliphatic rings. The molecule has 0 radical (unpaired) electrons. The Hall–Kier alpha value is -2.82. The Bertz CT molecular complexity index is 978. The Labute approximate surface area is 145 Å². The monoisotopic (exact) mass is 333 g/mol. The van der Waals surface area contributed by atoms with Crippen LogP contribution in [0.1, 0.15) is 40.2 Å². The third kappa shape index (κ3) is 2.22. The molecular formula is C20H19N3O2. The molecule has 5 heteroatoms. The number of amides is 1. The predicted molar refractivity (Wildman–Crippen MR) is 94.7 cm³/mol. The lowest BCUT2D eigenvalue weighted by atomic mass is 9.88. The van der Waals surface area contributed by atoms with Gasteiger partial charge in [0.15, 0.2) is 0 Å². The minimum atomic E-state index is 0.0863. The summed E-state index contributed by atoms with van der Waals surface area (Å²) in [5.41, 5.74) is 4.94. The Kier molecular flexibility index (Phi) is 3.10. The molecule has 126 valence electrons. The molecule has 2 N–H and O–H groups in total. The highest BCUT2D eigenvalue weighted by Gasteiger charge is 2.41. The predicted octanol–water partition coefficient (Wildman–Crippen LogP) is 3.21. The molecule has 1 aliphatic heterocycles. The van der Waals surface area contributed by atoms with E-state index in [2.05, 4.69) is 9.97 Å². The summed E-state index contributed by atoms with van der Waals surface area (Å²) in [4.78, 5) is 22.5. The van der Waals surface area contributed by atoms with Crippen molar-refractivity contribution in [2.75, 3.05) is 6.54 Å². The molecule has 3 aromatic rings. The maximum Gasteiger partial charge on any atom is 0.254 e. The number of piperidine rings is 1. The fourth-order valence-electron chi connectivity index (χ4n) is 4.51. The van der Waals surface area contributed by atoms with Gasteiger partial charge in [0.1, 0.15) is 5.75 Å². The Balaban J connectivity index is 1.48. The molecule has 25 heavy (non-hydrogen) atoms. The molecule has 1 amide bonds. The second-order valence-electron chi connectivity index (χ2n) is 7.04. The number of likely N-dealkylation sites (tertiary alicyclic amines) is 1. The Morgan fingerprint density at radius 1 is 1.24 bits per heavy atom. The molecule has 1 saturated heterocycles. The zero-order valence-corrected chi connectivity index (χ0v) is 13.8. The van der Waals surface area contributed by atoms with Crippen molar-refractivity contribution in [3.05, 3.63) is 59.4 Å². The van der Waals surface area contributed by atoms with Crippen LogP contribution >= 0.6 is 0 Å². The molecule has 2 heterocycles. The molecule has 1 fully saturated rings. The van der Waals surface area contributed by atoms with Crippen LogP contribution in [0.25, 0.3) is 11.0 Å². The van der Waals surface area contributed by atoms with Crippen molar-refractivity contribution in [2.24, 2.45) is 0 Å². The van der Waals surface area contributed by atoms with E-state index in [0.717, 1.165) is 36.8 Å². The summed E-state index contributed by atoms with van der Waals surface area (Å²) < 4.78 is 0. The number of imidazole rings is 1. The molecule has 5 rings (SSSR count). The van der Waals surface area contributed by atoms with Crippen molar-refractivity contribution >= 4 is 16.9 Å². The van der Waals surface area contributed by atoms with Gasteiger partial charge in [0, 0.05) is 24.1 Å². The van der Waals surface area contributed by atoms with Crippen LogP contribution in [0, 0.1) is 0 Å². The number of hydrogen-bond acceptors (Lipinski definition) is 3. The van der Waals surface area contributed by atoms with Crippen molar-refractivity contribution in [3.8, 4) is 5.75 Å². The summed E-state index contributed by atoms with van der Waals surface area (Å²) >= 11 is 0. The number of H-pyrrole nitrogens is 1. The summed E-state index contributed by atoms with van der Waals surface area (Å²) in [6.07, 6.45) is 4.59. The minimum absolute atomic E-state index is 0.0863. The molecule has 5 nitrogen and oxygen atoms in total. The summed E-state index contributed by atoms with van der Waals surface area (Å²) in [7, 11) is 0. The number of carbonyl (C=O) groups is 1. The van der Waals surface area contributed by atoms with Gasteiger partial charge in [0.05, 0.1) is 17.4 Å². The SMILES string of the molecule is O=C(c1ccc2nc[nH]c2c1)N1CCCC2c3ccc(O)cc3C[C@@H]21. The molecule has 1 unspecified atom stereocenters. The molecule has 1 aromatic heterocycles. The molecule has 2 atom stereocenters. The first-order valence-corrected chi connectivity index (χ1v) is 8.76. The number of nitrogens with zero attached hydrogens (tertiary/aromatic N) is 2. The quantitative estimate of drug-likeness (QED) is 0.718. The van der Waals surface area contributed by atoms with Gasteiger partial charge in [-0.1, -0.05) is 6.07 Å². The average Bonchev–Trinajstić information content (AvgIpc) is 3.23. The lowest BCUT2D eigenvalue weighted by molar-refractivity contribution is 0.0595. The van der Waals surface area contributed by atoms with Gasteiger partial charge in [0.25, 0.3) is 5.91 Å². The van der Waals surface area contributed by atoms with E-state index >= 15 is 0 Å². The molecule has 0 bridgehead atoms. The first-order chi connectivity index (χ1) is 12.2. The number of aromatic hydroxyl groups is 1. The van der Waals surface area contributed by atoms with E-state index in [-0.39, 0.29) is 11.9 Å². The van der Waals surface area contributed by atoms with E-state index in [4.69, 9.17) is 0 Å². The molecule has 0 saturated carbocycles. The number of benzene rings is 2. The zero-order valence-electron chi connectivity index (χ0n) is 13.8. The first-order valence-electron chi connectivity index (χ1n) is 8.76. The second kappa shape index (κ2) is 5.34. The summed E-state index contributed by atoms with van der Waals surface area (Å²) in [6.45, 7) is 0.793. The van der Waals surface area contributed by atoms with E-state index in [1.807, 2.05) is 35.2 Å². The van der Waals surface area contributed by atoms with Crippen LogP contribution in [-0.4, -0.2) is 38.5 Å². The van der Waals surface area contributed by atoms with E-state index in [9.17, 15) is 9.90 Å². The van der Waals surface area contributed by atoms with Gasteiger partial charge in [-0.3, -0.25) is 4.79 Å². The standard InChI is InChI=1S/C20H19N3O2/c24-14-4-5-15-13(8-14)10-19-16(15)2-1-7-23(19)20(25)12-3-6-17-18(9-12)22-11-21-17/h3-6,8-9,11,16,19,24H,1-2,7,10H2,(H,21,22)/t16?,19-/m0/s1. The van der Waals surface area contributed by atoms with E-state index in [1.54, 1.807) is 12.4 Å². The van der Waals surface area contributed by atoms with Crippen LogP contribution in [0.15, 0.2) is 42.7 Å². The number of carbonyl (C=O) groups excluding carboxylic acids is 1. The zero-order chi connectivity index (χ0) is 17.0. The van der Waals surface area contributed by atoms with Crippen molar-refractivity contribution in [3.63, 3.8) is 0 Å². The van der Waals surface area contributed by atoms with E-state index in [1.165, 1.54) is 11.1 Å². The van der Waals surface area contributed by atoms with Crippen LogP contribution in [0.5, 0.6) is 5.75 Å². The summed E-state index contributed by atoms with van der Waals surface area (Å²) in [5, 5.41) is 9.77. The van der Waals surface area contributed by atoms with Crippen molar-refractivity contribution in [1.29, 1.82) is 0 Å².